The highest BCUT2D eigenvalue weighted by Gasteiger charge is 2.42. The van der Waals surface area contributed by atoms with Gasteiger partial charge in [-0.25, -0.2) is 12.8 Å². The highest BCUT2D eigenvalue weighted by molar-refractivity contribution is 7.98. The van der Waals surface area contributed by atoms with Crippen LogP contribution in [0.1, 0.15) is 57.9 Å². The maximum absolute atomic E-state index is 14.0. The van der Waals surface area contributed by atoms with Crippen molar-refractivity contribution in [2.24, 2.45) is 5.41 Å². The van der Waals surface area contributed by atoms with Crippen LogP contribution in [0.5, 0.6) is 0 Å². The lowest BCUT2D eigenvalue weighted by molar-refractivity contribution is -0.136. The van der Waals surface area contributed by atoms with Crippen molar-refractivity contribution in [2.45, 2.75) is 68.7 Å². The molecule has 36 heavy (non-hydrogen) atoms. The Morgan fingerprint density at radius 2 is 1.78 bits per heavy atom. The fourth-order valence-corrected chi connectivity index (χ4v) is 7.79. The van der Waals surface area contributed by atoms with Crippen LogP contribution in [-0.2, 0) is 21.2 Å². The average Bonchev–Trinajstić information content (AvgIpc) is 2.93. The fraction of sp³-hybridized carbons (Fsp3) is 0.519. The van der Waals surface area contributed by atoms with Crippen molar-refractivity contribution in [1.29, 1.82) is 0 Å². The molecule has 0 saturated carbocycles. The number of unbranched alkanes of at least 4 members (excludes halogenated alkanes) is 2. The number of nitrogens with zero attached hydrogens (tertiary/aromatic N) is 1. The third-order valence-corrected chi connectivity index (χ3v) is 9.64. The van der Waals surface area contributed by atoms with Gasteiger partial charge in [0.25, 0.3) is 0 Å². The Bertz CT molecular complexity index is 1150. The molecule has 0 amide bonds. The van der Waals surface area contributed by atoms with Crippen molar-refractivity contribution in [3.05, 3.63) is 47.8 Å². The number of hydrogen-bond acceptors (Lipinski definition) is 6. The van der Waals surface area contributed by atoms with Crippen LogP contribution in [-0.4, -0.2) is 44.6 Å². The topological polar surface area (TPSA) is 86.7 Å². The molecule has 1 aliphatic heterocycles. The Kier molecular flexibility index (Phi) is 9.83. The normalized spacial score (nSPS) is 16.4. The number of halogens is 1. The van der Waals surface area contributed by atoms with E-state index in [2.05, 4.69) is 24.1 Å². The molecule has 1 aliphatic rings. The maximum Gasteiger partial charge on any atom is 0.317 e. The first kappa shape index (κ1) is 28.5. The summed E-state index contributed by atoms with van der Waals surface area (Å²) >= 11 is 1.49. The average molecular weight is 537 g/mol. The van der Waals surface area contributed by atoms with Crippen LogP contribution in [0.2, 0.25) is 0 Å². The monoisotopic (exact) mass is 536 g/mol. The van der Waals surface area contributed by atoms with Crippen LogP contribution < -0.4 is 10.2 Å². The highest BCUT2D eigenvalue weighted by Crippen LogP contribution is 2.46. The van der Waals surface area contributed by atoms with Crippen molar-refractivity contribution in [2.75, 3.05) is 30.0 Å². The molecular weight excluding hydrogens is 499 g/mol. The zero-order chi connectivity index (χ0) is 26.3. The van der Waals surface area contributed by atoms with Crippen LogP contribution in [0.15, 0.2) is 46.2 Å². The molecule has 2 aromatic carbocycles. The van der Waals surface area contributed by atoms with Gasteiger partial charge in [-0.3, -0.25) is 4.79 Å². The second-order valence-corrected chi connectivity index (χ2v) is 12.5. The standard InChI is InChI=1S/C27H37FN2O4S2/c1-4-6-12-27(13-7-5-2)18-30(22-10-8-21(28)9-11-22)23-15-24(35-3)20(16-29-17-26(31)32)14-25(23)36(33,34)19-27/h8-11,14-15,29H,4-7,12-13,16-19H2,1-3H3,(H,31,32). The molecule has 0 atom stereocenters. The molecule has 3 rings (SSSR count). The number of carboxylic acids is 1. The number of rotatable bonds is 12. The van der Waals surface area contributed by atoms with Gasteiger partial charge in [0.05, 0.1) is 22.9 Å². The van der Waals surface area contributed by atoms with E-state index in [-0.39, 0.29) is 29.6 Å². The number of thioether (sulfide) groups is 1. The fourth-order valence-electron chi connectivity index (χ4n) is 5.01. The van der Waals surface area contributed by atoms with Crippen LogP contribution in [0.4, 0.5) is 15.8 Å². The number of nitrogens with one attached hydrogen (secondary N) is 1. The molecular formula is C27H37FN2O4S2. The summed E-state index contributed by atoms with van der Waals surface area (Å²) < 4.78 is 41.8. The van der Waals surface area contributed by atoms with E-state index in [9.17, 15) is 17.6 Å². The smallest absolute Gasteiger partial charge is 0.317 e. The first-order valence-electron chi connectivity index (χ1n) is 12.5. The van der Waals surface area contributed by atoms with E-state index in [1.165, 1.54) is 23.9 Å². The minimum atomic E-state index is -3.65. The summed E-state index contributed by atoms with van der Waals surface area (Å²) in [6.07, 6.45) is 7.36. The van der Waals surface area contributed by atoms with Crippen LogP contribution >= 0.6 is 11.8 Å². The van der Waals surface area contributed by atoms with Gasteiger partial charge in [-0.05, 0) is 61.1 Å². The van der Waals surface area contributed by atoms with Crippen molar-refractivity contribution >= 4 is 38.9 Å². The van der Waals surface area contributed by atoms with Gasteiger partial charge < -0.3 is 15.3 Å². The second-order valence-electron chi connectivity index (χ2n) is 9.66. The Labute approximate surface area is 218 Å². The second kappa shape index (κ2) is 12.4. The molecule has 6 nitrogen and oxygen atoms in total. The SMILES string of the molecule is CCCCC1(CCCC)CN(c2ccc(F)cc2)c2cc(SC)c(CNCC(=O)O)cc2S(=O)(=O)C1. The molecule has 0 bridgehead atoms. The minimum Gasteiger partial charge on any atom is -0.480 e. The van der Waals surface area contributed by atoms with Gasteiger partial charge in [0.1, 0.15) is 5.82 Å². The van der Waals surface area contributed by atoms with Crippen molar-refractivity contribution in [3.63, 3.8) is 0 Å². The number of anilines is 2. The molecule has 0 aliphatic carbocycles. The molecule has 0 unspecified atom stereocenters. The zero-order valence-corrected chi connectivity index (χ0v) is 23.0. The van der Waals surface area contributed by atoms with Crippen molar-refractivity contribution in [1.82, 2.24) is 5.32 Å². The Morgan fingerprint density at radius 3 is 2.33 bits per heavy atom. The van der Waals surface area contributed by atoms with Crippen LogP contribution in [0.25, 0.3) is 0 Å². The summed E-state index contributed by atoms with van der Waals surface area (Å²) in [6.45, 7) is 4.81. The molecule has 0 aromatic heterocycles. The molecule has 9 heteroatoms. The Morgan fingerprint density at radius 1 is 1.14 bits per heavy atom. The number of fused-ring (bicyclic) bond motifs is 1. The van der Waals surface area contributed by atoms with Crippen molar-refractivity contribution < 1.29 is 22.7 Å². The van der Waals surface area contributed by atoms with E-state index in [1.807, 2.05) is 12.3 Å². The van der Waals surface area contributed by atoms with Gasteiger partial charge in [0.15, 0.2) is 9.84 Å². The van der Waals surface area contributed by atoms with Gasteiger partial charge in [-0.1, -0.05) is 39.5 Å². The van der Waals surface area contributed by atoms with Crippen LogP contribution in [0, 0.1) is 11.2 Å². The Balaban J connectivity index is 2.20. The van der Waals surface area contributed by atoms with E-state index in [0.29, 0.717) is 12.2 Å². The van der Waals surface area contributed by atoms with Gasteiger partial charge in [-0.15, -0.1) is 11.8 Å². The van der Waals surface area contributed by atoms with Gasteiger partial charge in [-0.2, -0.15) is 0 Å². The van der Waals surface area contributed by atoms with E-state index >= 15 is 0 Å². The van der Waals surface area contributed by atoms with E-state index < -0.39 is 21.2 Å². The quantitative estimate of drug-likeness (QED) is 0.321. The molecule has 1 heterocycles. The predicted octanol–water partition coefficient (Wildman–Crippen LogP) is 6.01. The number of carbonyl (C=O) groups is 1. The summed E-state index contributed by atoms with van der Waals surface area (Å²) in [5.74, 6) is -1.25. The summed E-state index contributed by atoms with van der Waals surface area (Å²) in [7, 11) is -3.65. The number of sulfone groups is 1. The molecule has 2 aromatic rings. The number of hydrogen-bond donors (Lipinski definition) is 2. The molecule has 198 valence electrons. The zero-order valence-electron chi connectivity index (χ0n) is 21.3. The lowest BCUT2D eigenvalue weighted by atomic mass is 9.79. The lowest BCUT2D eigenvalue weighted by Gasteiger charge is -2.37. The predicted molar refractivity (Wildman–Crippen MR) is 145 cm³/mol. The van der Waals surface area contributed by atoms with Gasteiger partial charge in [0.2, 0.25) is 0 Å². The molecule has 2 N–H and O–H groups in total. The van der Waals surface area contributed by atoms with Gasteiger partial charge >= 0.3 is 5.97 Å². The number of aliphatic carboxylic acids is 1. The lowest BCUT2D eigenvalue weighted by Crippen LogP contribution is -2.38. The summed E-state index contributed by atoms with van der Waals surface area (Å²) in [6, 6.07) is 9.85. The van der Waals surface area contributed by atoms with Crippen LogP contribution in [0.3, 0.4) is 0 Å². The van der Waals surface area contributed by atoms with Gasteiger partial charge in [0, 0.05) is 29.1 Å². The van der Waals surface area contributed by atoms with E-state index in [0.717, 1.165) is 54.7 Å². The molecule has 0 fully saturated rings. The maximum atomic E-state index is 14.0. The number of benzene rings is 2. The Hall–Kier alpha value is -2.10. The first-order valence-corrected chi connectivity index (χ1v) is 15.4. The molecule has 0 saturated heterocycles. The summed E-state index contributed by atoms with van der Waals surface area (Å²) in [5.41, 5.74) is 1.68. The van der Waals surface area contributed by atoms with Crippen molar-refractivity contribution in [3.8, 4) is 0 Å². The first-order chi connectivity index (χ1) is 17.1. The number of carboxylic acid groups (broad SMARTS) is 1. The third-order valence-electron chi connectivity index (χ3n) is 6.83. The third kappa shape index (κ3) is 6.81. The van der Waals surface area contributed by atoms with E-state index in [1.54, 1.807) is 18.2 Å². The van der Waals surface area contributed by atoms with E-state index in [4.69, 9.17) is 5.11 Å². The molecule has 0 radical (unpaired) electrons. The largest absolute Gasteiger partial charge is 0.480 e. The highest BCUT2D eigenvalue weighted by atomic mass is 32.2. The minimum absolute atomic E-state index is 0.0608. The summed E-state index contributed by atoms with van der Waals surface area (Å²) in [4.78, 5) is 14.2. The summed E-state index contributed by atoms with van der Waals surface area (Å²) in [5, 5.41) is 11.9. The molecule has 0 spiro atoms.